The lowest BCUT2D eigenvalue weighted by atomic mass is 10.2. The number of hydrogen-bond acceptors (Lipinski definition) is 6. The number of aryl methyl sites for hydroxylation is 2. The fourth-order valence-corrected chi connectivity index (χ4v) is 9.53. The van der Waals surface area contributed by atoms with Gasteiger partial charge in [-0.1, -0.05) is 17.7 Å². The molecule has 0 spiro atoms. The standard InChI is InChI=1S/C16H23NO6S3/c1-12-3-4-16(13(2)9-12)26(22,23)17(14-5-7-24(18,19)10-14)15-6-8-25(20,21)11-15/h3-4,9,14-15H,5-8,10-11H2,1-2H3/t14-,15-/m0/s1. The molecule has 2 atom stereocenters. The third-order valence-corrected chi connectivity index (χ3v) is 10.7. The Bertz CT molecular complexity index is 984. The summed E-state index contributed by atoms with van der Waals surface area (Å²) in [6.45, 7) is 3.54. The molecule has 1 aromatic rings. The van der Waals surface area contributed by atoms with Gasteiger partial charge in [0.05, 0.1) is 27.9 Å². The summed E-state index contributed by atoms with van der Waals surface area (Å²) in [7, 11) is -10.6. The Labute approximate surface area is 155 Å². The summed E-state index contributed by atoms with van der Waals surface area (Å²) in [5, 5.41) is 0. The maximum atomic E-state index is 13.4. The molecule has 2 aliphatic heterocycles. The van der Waals surface area contributed by atoms with E-state index in [1.54, 1.807) is 19.1 Å². The molecule has 2 aliphatic rings. The van der Waals surface area contributed by atoms with Crippen molar-refractivity contribution in [3.63, 3.8) is 0 Å². The maximum absolute atomic E-state index is 13.4. The fourth-order valence-electron chi connectivity index (χ4n) is 3.85. The largest absolute Gasteiger partial charge is 0.243 e. The minimum Gasteiger partial charge on any atom is -0.229 e. The molecule has 7 nitrogen and oxygen atoms in total. The molecule has 2 saturated heterocycles. The predicted molar refractivity (Wildman–Crippen MR) is 99.1 cm³/mol. The summed E-state index contributed by atoms with van der Waals surface area (Å²) in [5.74, 6) is -0.659. The molecule has 0 aromatic heterocycles. The minimum absolute atomic E-state index is 0.0734. The minimum atomic E-state index is -4.01. The van der Waals surface area contributed by atoms with Gasteiger partial charge in [0.25, 0.3) is 0 Å². The summed E-state index contributed by atoms with van der Waals surface area (Å²) >= 11 is 0. The van der Waals surface area contributed by atoms with Crippen LogP contribution in [0, 0.1) is 13.8 Å². The Balaban J connectivity index is 2.08. The van der Waals surface area contributed by atoms with E-state index in [0.29, 0.717) is 5.56 Å². The van der Waals surface area contributed by atoms with Crippen molar-refractivity contribution < 1.29 is 25.3 Å². The summed E-state index contributed by atoms with van der Waals surface area (Å²) < 4.78 is 75.7. The van der Waals surface area contributed by atoms with Gasteiger partial charge in [-0.2, -0.15) is 4.31 Å². The van der Waals surface area contributed by atoms with Crippen LogP contribution in [0.2, 0.25) is 0 Å². The lowest BCUT2D eigenvalue weighted by molar-refractivity contribution is 0.280. The van der Waals surface area contributed by atoms with Crippen molar-refractivity contribution >= 4 is 29.7 Å². The van der Waals surface area contributed by atoms with Crippen LogP contribution in [0.5, 0.6) is 0 Å². The smallest absolute Gasteiger partial charge is 0.229 e. The van der Waals surface area contributed by atoms with E-state index in [1.807, 2.05) is 6.92 Å². The van der Waals surface area contributed by atoms with Crippen molar-refractivity contribution in [2.75, 3.05) is 23.0 Å². The summed E-state index contributed by atoms with van der Waals surface area (Å²) in [6, 6.07) is 3.52. The number of hydrogen-bond donors (Lipinski definition) is 0. The van der Waals surface area contributed by atoms with Crippen LogP contribution in [0.4, 0.5) is 0 Å². The zero-order valence-electron chi connectivity index (χ0n) is 14.8. The average Bonchev–Trinajstić information content (AvgIpc) is 3.00. The van der Waals surface area contributed by atoms with Gasteiger partial charge in [0.1, 0.15) is 0 Å². The molecule has 26 heavy (non-hydrogen) atoms. The molecule has 1 aromatic carbocycles. The molecule has 2 fully saturated rings. The Morgan fingerprint density at radius 1 is 0.923 bits per heavy atom. The molecule has 0 aliphatic carbocycles. The van der Waals surface area contributed by atoms with Crippen LogP contribution in [-0.2, 0) is 29.7 Å². The second-order valence-electron chi connectivity index (χ2n) is 7.22. The second-order valence-corrected chi connectivity index (χ2v) is 13.5. The highest BCUT2D eigenvalue weighted by Crippen LogP contribution is 2.32. The zero-order valence-corrected chi connectivity index (χ0v) is 17.2. The number of nitrogens with zero attached hydrogens (tertiary/aromatic N) is 1. The third-order valence-electron chi connectivity index (χ3n) is 5.02. The normalized spacial score (nSPS) is 27.8. The molecular formula is C16H23NO6S3. The van der Waals surface area contributed by atoms with Crippen molar-refractivity contribution in [3.8, 4) is 0 Å². The van der Waals surface area contributed by atoms with Gasteiger partial charge >= 0.3 is 0 Å². The molecular weight excluding hydrogens is 398 g/mol. The number of benzene rings is 1. The van der Waals surface area contributed by atoms with Crippen LogP contribution in [0.1, 0.15) is 24.0 Å². The van der Waals surface area contributed by atoms with Crippen molar-refractivity contribution in [2.24, 2.45) is 0 Å². The summed E-state index contributed by atoms with van der Waals surface area (Å²) in [6.07, 6.45) is 0.395. The van der Waals surface area contributed by atoms with Crippen molar-refractivity contribution in [2.45, 2.75) is 43.7 Å². The van der Waals surface area contributed by atoms with E-state index < -0.39 is 41.8 Å². The maximum Gasteiger partial charge on any atom is 0.243 e. The second kappa shape index (κ2) is 6.57. The Morgan fingerprint density at radius 2 is 1.42 bits per heavy atom. The van der Waals surface area contributed by atoms with Crippen molar-refractivity contribution in [1.82, 2.24) is 4.31 Å². The molecule has 3 rings (SSSR count). The first-order valence-corrected chi connectivity index (χ1v) is 13.5. The van der Waals surface area contributed by atoms with Gasteiger partial charge < -0.3 is 0 Å². The van der Waals surface area contributed by atoms with Crippen molar-refractivity contribution in [3.05, 3.63) is 29.3 Å². The van der Waals surface area contributed by atoms with Crippen molar-refractivity contribution in [1.29, 1.82) is 0 Å². The molecule has 146 valence electrons. The van der Waals surface area contributed by atoms with E-state index in [9.17, 15) is 25.3 Å². The van der Waals surface area contributed by atoms with Gasteiger partial charge in [-0.15, -0.1) is 0 Å². The van der Waals surface area contributed by atoms with E-state index >= 15 is 0 Å². The Hall–Kier alpha value is -0.970. The van der Waals surface area contributed by atoms with E-state index in [0.717, 1.165) is 5.56 Å². The van der Waals surface area contributed by atoms with Crippen LogP contribution < -0.4 is 0 Å². The molecule has 2 heterocycles. The van der Waals surface area contributed by atoms with Gasteiger partial charge in [0.15, 0.2) is 19.7 Å². The first-order valence-electron chi connectivity index (χ1n) is 8.43. The van der Waals surface area contributed by atoms with E-state index in [1.165, 1.54) is 10.4 Å². The van der Waals surface area contributed by atoms with Gasteiger partial charge in [-0.25, -0.2) is 25.3 Å². The lowest BCUT2D eigenvalue weighted by Crippen LogP contribution is -2.48. The Morgan fingerprint density at radius 3 is 1.81 bits per heavy atom. The van der Waals surface area contributed by atoms with Gasteiger partial charge in [-0.3, -0.25) is 0 Å². The van der Waals surface area contributed by atoms with Crippen LogP contribution in [0.3, 0.4) is 0 Å². The monoisotopic (exact) mass is 421 g/mol. The van der Waals surface area contributed by atoms with E-state index in [2.05, 4.69) is 0 Å². The first-order chi connectivity index (χ1) is 11.9. The molecule has 0 amide bonds. The molecule has 10 heteroatoms. The van der Waals surface area contributed by atoms with Crippen LogP contribution >= 0.6 is 0 Å². The number of sulfone groups is 2. The van der Waals surface area contributed by atoms with Gasteiger partial charge in [0, 0.05) is 12.1 Å². The third kappa shape index (κ3) is 3.83. The molecule has 0 bridgehead atoms. The average molecular weight is 422 g/mol. The molecule has 0 radical (unpaired) electrons. The molecule has 0 saturated carbocycles. The topological polar surface area (TPSA) is 106 Å². The van der Waals surface area contributed by atoms with Gasteiger partial charge in [-0.05, 0) is 38.3 Å². The van der Waals surface area contributed by atoms with Crippen LogP contribution in [0.25, 0.3) is 0 Å². The highest BCUT2D eigenvalue weighted by molar-refractivity contribution is 7.92. The lowest BCUT2D eigenvalue weighted by Gasteiger charge is -2.32. The fraction of sp³-hybridized carbons (Fsp3) is 0.625. The summed E-state index contributed by atoms with van der Waals surface area (Å²) in [5.41, 5.74) is 1.48. The molecule has 0 N–H and O–H groups in total. The summed E-state index contributed by atoms with van der Waals surface area (Å²) in [4.78, 5) is 0.108. The quantitative estimate of drug-likeness (QED) is 0.707. The number of rotatable bonds is 4. The van der Waals surface area contributed by atoms with Gasteiger partial charge in [0.2, 0.25) is 10.0 Å². The highest BCUT2D eigenvalue weighted by atomic mass is 32.2. The first kappa shape index (κ1) is 19.8. The highest BCUT2D eigenvalue weighted by Gasteiger charge is 2.46. The molecule has 0 unspecified atom stereocenters. The zero-order chi connectivity index (χ0) is 19.3. The van der Waals surface area contributed by atoms with E-state index in [-0.39, 0.29) is 40.7 Å². The Kier molecular flexibility index (Phi) is 5.00. The number of sulfonamides is 1. The SMILES string of the molecule is Cc1ccc(S(=O)(=O)N([C@H]2CCS(=O)(=O)C2)[C@H]2CCS(=O)(=O)C2)c(C)c1. The predicted octanol–water partition coefficient (Wildman–Crippen LogP) is 0.668. The van der Waals surface area contributed by atoms with Crippen LogP contribution in [-0.4, -0.2) is 64.7 Å². The van der Waals surface area contributed by atoms with E-state index in [4.69, 9.17) is 0 Å². The van der Waals surface area contributed by atoms with Crippen LogP contribution in [0.15, 0.2) is 23.1 Å².